The molecule has 5 rings (SSSR count). The van der Waals surface area contributed by atoms with E-state index in [9.17, 15) is 32.8 Å². The number of carbonyl (C=O) groups excluding carboxylic acids is 3. The number of benzene rings is 2. The van der Waals surface area contributed by atoms with Crippen LogP contribution in [0, 0.1) is 11.3 Å². The Morgan fingerprint density at radius 2 is 1.76 bits per heavy atom. The van der Waals surface area contributed by atoms with E-state index in [1.54, 1.807) is 17.9 Å². The summed E-state index contributed by atoms with van der Waals surface area (Å²) in [4.78, 5) is 48.0. The summed E-state index contributed by atoms with van der Waals surface area (Å²) in [7, 11) is 1.42. The van der Waals surface area contributed by atoms with Crippen LogP contribution in [0.5, 0.6) is 0 Å². The van der Waals surface area contributed by atoms with Crippen molar-refractivity contribution in [3.8, 4) is 6.07 Å². The van der Waals surface area contributed by atoms with Crippen LogP contribution in [0.2, 0.25) is 0 Å². The van der Waals surface area contributed by atoms with E-state index in [2.05, 4.69) is 11.0 Å². The summed E-state index contributed by atoms with van der Waals surface area (Å²) in [6.07, 6.45) is -3.13. The first kappa shape index (κ1) is 33.0. The van der Waals surface area contributed by atoms with Gasteiger partial charge in [0.15, 0.2) is 0 Å². The number of carbonyl (C=O) groups is 3. The molecular weight excluding hydrogens is 603 g/mol. The number of rotatable bonds is 6. The van der Waals surface area contributed by atoms with Crippen LogP contribution in [0.25, 0.3) is 0 Å². The number of piperidine rings is 1. The van der Waals surface area contributed by atoms with Crippen LogP contribution >= 0.6 is 0 Å². The van der Waals surface area contributed by atoms with Gasteiger partial charge in [-0.05, 0) is 62.6 Å². The van der Waals surface area contributed by atoms with Crippen LogP contribution < -0.4 is 4.90 Å². The fraction of sp³-hybridized carbons (Fsp3) is 0.455. The molecule has 2 fully saturated rings. The van der Waals surface area contributed by atoms with Crippen molar-refractivity contribution in [2.45, 2.75) is 44.9 Å². The SMILES string of the molecule is CCOC(=O)C1=C(C)N(c2cccc(C(F)(F)F)c2)C(=O)N(C)C1c1ccc(C#N)cc1C(=O)N1CCC(N2CCOCC2)CC1. The van der Waals surface area contributed by atoms with Crippen molar-refractivity contribution < 1.29 is 37.0 Å². The highest BCUT2D eigenvalue weighted by molar-refractivity contribution is 6.04. The van der Waals surface area contributed by atoms with Gasteiger partial charge in [-0.3, -0.25) is 14.6 Å². The number of halogens is 3. The van der Waals surface area contributed by atoms with Crippen molar-refractivity contribution in [3.63, 3.8) is 0 Å². The number of alkyl halides is 3. The van der Waals surface area contributed by atoms with Crippen LogP contribution in [0.1, 0.15) is 59.8 Å². The molecule has 1 unspecified atom stereocenters. The van der Waals surface area contributed by atoms with Gasteiger partial charge in [0, 0.05) is 50.5 Å². The Morgan fingerprint density at radius 1 is 1.07 bits per heavy atom. The summed E-state index contributed by atoms with van der Waals surface area (Å²) in [5.41, 5.74) is -0.277. The molecule has 2 aromatic rings. The minimum Gasteiger partial charge on any atom is -0.463 e. The highest BCUT2D eigenvalue weighted by atomic mass is 19.4. The number of urea groups is 1. The van der Waals surface area contributed by atoms with Crippen molar-refractivity contribution in [1.82, 2.24) is 14.7 Å². The van der Waals surface area contributed by atoms with Gasteiger partial charge in [0.05, 0.1) is 54.3 Å². The lowest BCUT2D eigenvalue weighted by Gasteiger charge is -2.42. The topological polar surface area (TPSA) is 106 Å². The number of nitrogens with zero attached hydrogens (tertiary/aromatic N) is 5. The number of allylic oxidation sites excluding steroid dienone is 1. The van der Waals surface area contributed by atoms with Crippen LogP contribution in [0.15, 0.2) is 53.7 Å². The van der Waals surface area contributed by atoms with E-state index in [0.29, 0.717) is 37.9 Å². The summed E-state index contributed by atoms with van der Waals surface area (Å²) in [6, 6.07) is 9.35. The van der Waals surface area contributed by atoms with Gasteiger partial charge in [0.2, 0.25) is 0 Å². The number of anilines is 1. The zero-order valence-corrected chi connectivity index (χ0v) is 26.0. The molecule has 3 aliphatic rings. The number of morpholine rings is 1. The van der Waals surface area contributed by atoms with E-state index in [4.69, 9.17) is 9.47 Å². The Labute approximate surface area is 265 Å². The van der Waals surface area contributed by atoms with E-state index in [0.717, 1.165) is 43.0 Å². The third-order valence-corrected chi connectivity index (χ3v) is 8.83. The molecule has 0 bridgehead atoms. The van der Waals surface area contributed by atoms with Crippen molar-refractivity contribution in [2.24, 2.45) is 0 Å². The third kappa shape index (κ3) is 6.45. The summed E-state index contributed by atoms with van der Waals surface area (Å²) in [5, 5.41) is 9.70. The molecule has 1 atom stereocenters. The molecule has 0 aliphatic carbocycles. The van der Waals surface area contributed by atoms with Crippen molar-refractivity contribution >= 4 is 23.6 Å². The third-order valence-electron chi connectivity index (χ3n) is 8.83. The molecule has 3 aliphatic heterocycles. The molecule has 13 heteroatoms. The zero-order valence-electron chi connectivity index (χ0n) is 26.0. The number of amides is 3. The number of ether oxygens (including phenoxy) is 2. The smallest absolute Gasteiger partial charge is 0.416 e. The van der Waals surface area contributed by atoms with Gasteiger partial charge in [0.1, 0.15) is 0 Å². The molecule has 46 heavy (non-hydrogen) atoms. The largest absolute Gasteiger partial charge is 0.463 e. The van der Waals surface area contributed by atoms with E-state index in [1.807, 2.05) is 0 Å². The number of hydrogen-bond donors (Lipinski definition) is 0. The molecule has 10 nitrogen and oxygen atoms in total. The standard InChI is InChI=1S/C33H36F3N5O5/c1-4-46-31(43)28-21(2)41(25-7-5-6-23(19-25)33(34,35)36)32(44)38(3)29(28)26-9-8-22(20-37)18-27(26)30(42)40-12-10-24(11-13-40)39-14-16-45-17-15-39/h5-9,18-19,24,29H,4,10-17H2,1-3H3. The Kier molecular flexibility index (Phi) is 9.69. The Balaban J connectivity index is 1.55. The second kappa shape index (κ2) is 13.5. The molecule has 0 aromatic heterocycles. The molecule has 2 aromatic carbocycles. The fourth-order valence-electron chi connectivity index (χ4n) is 6.48. The molecule has 0 spiro atoms. The van der Waals surface area contributed by atoms with Crippen molar-refractivity contribution in [2.75, 3.05) is 57.9 Å². The van der Waals surface area contributed by atoms with Gasteiger partial charge in [0.25, 0.3) is 5.91 Å². The average Bonchev–Trinajstić information content (AvgIpc) is 3.06. The maximum absolute atomic E-state index is 14.1. The Hall–Kier alpha value is -4.41. The van der Waals surface area contributed by atoms with E-state index < -0.39 is 29.8 Å². The monoisotopic (exact) mass is 639 g/mol. The quantitative estimate of drug-likeness (QED) is 0.412. The normalized spacial score (nSPS) is 20.2. The highest BCUT2D eigenvalue weighted by Gasteiger charge is 2.43. The van der Waals surface area contributed by atoms with Gasteiger partial charge in [-0.2, -0.15) is 18.4 Å². The fourth-order valence-corrected chi connectivity index (χ4v) is 6.48. The number of likely N-dealkylation sites (N-methyl/N-ethyl adjacent to an activating group) is 1. The number of likely N-dealkylation sites (tertiary alicyclic amines) is 1. The maximum atomic E-state index is 14.1. The molecular formula is C33H36F3N5O5. The lowest BCUT2D eigenvalue weighted by molar-refractivity contribution is -0.139. The van der Waals surface area contributed by atoms with Crippen LogP contribution in [0.3, 0.4) is 0 Å². The zero-order chi connectivity index (χ0) is 33.2. The van der Waals surface area contributed by atoms with Crippen LogP contribution in [0.4, 0.5) is 23.7 Å². The molecule has 244 valence electrons. The second-order valence-corrected chi connectivity index (χ2v) is 11.5. The summed E-state index contributed by atoms with van der Waals surface area (Å²) < 4.78 is 51.6. The second-order valence-electron chi connectivity index (χ2n) is 11.5. The van der Waals surface area contributed by atoms with Gasteiger partial charge in [-0.25, -0.2) is 9.59 Å². The average molecular weight is 640 g/mol. The Bertz CT molecular complexity index is 1570. The first-order valence-corrected chi connectivity index (χ1v) is 15.2. The van der Waals surface area contributed by atoms with Crippen LogP contribution in [-0.2, 0) is 20.4 Å². The predicted molar refractivity (Wildman–Crippen MR) is 162 cm³/mol. The molecule has 0 N–H and O–H groups in total. The summed E-state index contributed by atoms with van der Waals surface area (Å²) in [5.74, 6) is -1.12. The molecule has 0 radical (unpaired) electrons. The lowest BCUT2D eigenvalue weighted by atomic mass is 9.88. The predicted octanol–water partition coefficient (Wildman–Crippen LogP) is 4.96. The maximum Gasteiger partial charge on any atom is 0.416 e. The minimum absolute atomic E-state index is 0.000792. The van der Waals surface area contributed by atoms with Gasteiger partial charge in [-0.1, -0.05) is 12.1 Å². The highest BCUT2D eigenvalue weighted by Crippen LogP contribution is 2.42. The Morgan fingerprint density at radius 3 is 2.39 bits per heavy atom. The van der Waals surface area contributed by atoms with E-state index in [1.165, 1.54) is 43.1 Å². The molecule has 3 heterocycles. The number of hydrogen-bond acceptors (Lipinski definition) is 7. The van der Waals surface area contributed by atoms with Crippen molar-refractivity contribution in [3.05, 3.63) is 76.0 Å². The van der Waals surface area contributed by atoms with E-state index >= 15 is 0 Å². The summed E-state index contributed by atoms with van der Waals surface area (Å²) in [6.45, 7) is 7.09. The van der Waals surface area contributed by atoms with Gasteiger partial charge in [-0.15, -0.1) is 0 Å². The number of esters is 1. The first-order chi connectivity index (χ1) is 22.0. The molecule has 2 saturated heterocycles. The first-order valence-electron chi connectivity index (χ1n) is 15.2. The van der Waals surface area contributed by atoms with E-state index in [-0.39, 0.29) is 40.6 Å². The lowest BCUT2D eigenvalue weighted by Crippen LogP contribution is -2.51. The van der Waals surface area contributed by atoms with Gasteiger partial charge >= 0.3 is 18.2 Å². The van der Waals surface area contributed by atoms with Crippen molar-refractivity contribution in [1.29, 1.82) is 5.26 Å². The molecule has 0 saturated carbocycles. The van der Waals surface area contributed by atoms with Gasteiger partial charge < -0.3 is 19.3 Å². The van der Waals surface area contributed by atoms with Crippen LogP contribution in [-0.4, -0.2) is 91.7 Å². The molecule has 3 amide bonds. The number of nitriles is 1. The minimum atomic E-state index is -4.65. The summed E-state index contributed by atoms with van der Waals surface area (Å²) >= 11 is 0.